The second-order valence-corrected chi connectivity index (χ2v) is 5.52. The Morgan fingerprint density at radius 2 is 1.76 bits per heavy atom. The molecule has 0 fully saturated rings. The first-order valence-corrected chi connectivity index (χ1v) is 7.26. The minimum Gasteiger partial charge on any atom is -0.496 e. The summed E-state index contributed by atoms with van der Waals surface area (Å²) in [4.78, 5) is 2.35. The summed E-state index contributed by atoms with van der Waals surface area (Å²) in [5.74, 6) is 0.963. The van der Waals surface area contributed by atoms with Gasteiger partial charge in [-0.3, -0.25) is 4.90 Å². The van der Waals surface area contributed by atoms with Crippen molar-refractivity contribution in [3.8, 4) is 5.75 Å². The Morgan fingerprint density at radius 3 is 2.43 bits per heavy atom. The smallest absolute Gasteiger partial charge is 0.122 e. The van der Waals surface area contributed by atoms with Crippen molar-refractivity contribution in [2.75, 3.05) is 19.9 Å². The Morgan fingerprint density at radius 1 is 1.10 bits per heavy atom. The van der Waals surface area contributed by atoms with Crippen LogP contribution in [0.3, 0.4) is 0 Å². The molecule has 2 N–H and O–H groups in total. The van der Waals surface area contributed by atoms with E-state index in [1.54, 1.807) is 7.11 Å². The molecule has 2 aromatic carbocycles. The molecule has 0 bridgehead atoms. The van der Waals surface area contributed by atoms with Crippen molar-refractivity contribution >= 4 is 5.69 Å². The molecule has 0 aromatic heterocycles. The number of rotatable bonds is 6. The SMILES string of the molecule is COc1ccccc1CC(C)N(C)Cc1ccc(N)cc1. The van der Waals surface area contributed by atoms with Crippen molar-refractivity contribution in [2.45, 2.75) is 25.9 Å². The molecule has 0 spiro atoms. The molecule has 0 radical (unpaired) electrons. The van der Waals surface area contributed by atoms with Gasteiger partial charge in [0.25, 0.3) is 0 Å². The summed E-state index contributed by atoms with van der Waals surface area (Å²) in [5.41, 5.74) is 9.06. The molecular weight excluding hydrogens is 260 g/mol. The lowest BCUT2D eigenvalue weighted by Gasteiger charge is -2.25. The molecule has 0 aliphatic rings. The highest BCUT2D eigenvalue weighted by atomic mass is 16.5. The van der Waals surface area contributed by atoms with E-state index in [0.717, 1.165) is 24.4 Å². The van der Waals surface area contributed by atoms with E-state index in [2.05, 4.69) is 43.1 Å². The molecular formula is C18H24N2O. The fourth-order valence-electron chi connectivity index (χ4n) is 2.41. The summed E-state index contributed by atoms with van der Waals surface area (Å²) in [5, 5.41) is 0. The Hall–Kier alpha value is -2.00. The average Bonchev–Trinajstić information content (AvgIpc) is 2.50. The number of benzene rings is 2. The predicted octanol–water partition coefficient (Wildman–Crippen LogP) is 3.34. The van der Waals surface area contributed by atoms with Crippen LogP contribution in [0.5, 0.6) is 5.75 Å². The molecule has 2 aromatic rings. The predicted molar refractivity (Wildman–Crippen MR) is 88.5 cm³/mol. The number of ether oxygens (including phenoxy) is 1. The lowest BCUT2D eigenvalue weighted by molar-refractivity contribution is 0.246. The summed E-state index contributed by atoms with van der Waals surface area (Å²) in [6.45, 7) is 3.15. The molecule has 1 atom stereocenters. The first kappa shape index (κ1) is 15.4. The van der Waals surface area contributed by atoms with Crippen LogP contribution in [-0.2, 0) is 13.0 Å². The summed E-state index contributed by atoms with van der Waals surface area (Å²) in [6.07, 6.45) is 0.968. The normalized spacial score (nSPS) is 12.4. The summed E-state index contributed by atoms with van der Waals surface area (Å²) in [7, 11) is 3.87. The van der Waals surface area contributed by atoms with Crippen molar-refractivity contribution in [3.63, 3.8) is 0 Å². The molecule has 3 nitrogen and oxygen atoms in total. The van der Waals surface area contributed by atoms with E-state index >= 15 is 0 Å². The first-order valence-electron chi connectivity index (χ1n) is 7.26. The average molecular weight is 284 g/mol. The Balaban J connectivity index is 1.99. The number of hydrogen-bond acceptors (Lipinski definition) is 3. The molecule has 112 valence electrons. The Kier molecular flexibility index (Phi) is 5.23. The van der Waals surface area contributed by atoms with Crippen LogP contribution in [0, 0.1) is 0 Å². The second kappa shape index (κ2) is 7.14. The zero-order valence-electron chi connectivity index (χ0n) is 13.0. The first-order chi connectivity index (χ1) is 10.1. The van der Waals surface area contributed by atoms with E-state index in [1.165, 1.54) is 11.1 Å². The van der Waals surface area contributed by atoms with Crippen LogP contribution in [-0.4, -0.2) is 25.1 Å². The number of likely N-dealkylation sites (N-methyl/N-ethyl adjacent to an activating group) is 1. The van der Waals surface area contributed by atoms with Gasteiger partial charge in [-0.2, -0.15) is 0 Å². The highest BCUT2D eigenvalue weighted by molar-refractivity contribution is 5.39. The molecule has 0 amide bonds. The van der Waals surface area contributed by atoms with E-state index in [1.807, 2.05) is 24.3 Å². The van der Waals surface area contributed by atoms with E-state index in [9.17, 15) is 0 Å². The number of nitrogen functional groups attached to an aromatic ring is 1. The molecule has 0 saturated carbocycles. The van der Waals surface area contributed by atoms with Gasteiger partial charge in [-0.1, -0.05) is 30.3 Å². The third kappa shape index (κ3) is 4.23. The van der Waals surface area contributed by atoms with Gasteiger partial charge in [-0.15, -0.1) is 0 Å². The Labute approximate surface area is 127 Å². The lowest BCUT2D eigenvalue weighted by Crippen LogP contribution is -2.30. The minimum atomic E-state index is 0.429. The highest BCUT2D eigenvalue weighted by Gasteiger charge is 2.13. The van der Waals surface area contributed by atoms with Gasteiger partial charge >= 0.3 is 0 Å². The van der Waals surface area contributed by atoms with Gasteiger partial charge in [-0.25, -0.2) is 0 Å². The Bertz CT molecular complexity index is 566. The molecule has 0 saturated heterocycles. The van der Waals surface area contributed by atoms with Gasteiger partial charge in [0.05, 0.1) is 7.11 Å². The van der Waals surface area contributed by atoms with Crippen molar-refractivity contribution in [3.05, 3.63) is 59.7 Å². The van der Waals surface area contributed by atoms with Crippen LogP contribution in [0.2, 0.25) is 0 Å². The van der Waals surface area contributed by atoms with Crippen molar-refractivity contribution in [1.82, 2.24) is 4.90 Å². The van der Waals surface area contributed by atoms with Crippen LogP contribution >= 0.6 is 0 Å². The van der Waals surface area contributed by atoms with E-state index in [4.69, 9.17) is 10.5 Å². The minimum absolute atomic E-state index is 0.429. The molecule has 21 heavy (non-hydrogen) atoms. The summed E-state index contributed by atoms with van der Waals surface area (Å²) in [6, 6.07) is 16.7. The summed E-state index contributed by atoms with van der Waals surface area (Å²) >= 11 is 0. The molecule has 0 heterocycles. The number of hydrogen-bond donors (Lipinski definition) is 1. The largest absolute Gasteiger partial charge is 0.496 e. The van der Waals surface area contributed by atoms with Crippen molar-refractivity contribution in [1.29, 1.82) is 0 Å². The van der Waals surface area contributed by atoms with Gasteiger partial charge in [0, 0.05) is 18.3 Å². The van der Waals surface area contributed by atoms with Crippen LogP contribution in [0.15, 0.2) is 48.5 Å². The number of nitrogens with zero attached hydrogens (tertiary/aromatic N) is 1. The van der Waals surface area contributed by atoms with E-state index < -0.39 is 0 Å². The maximum atomic E-state index is 5.72. The fraction of sp³-hybridized carbons (Fsp3) is 0.333. The monoisotopic (exact) mass is 284 g/mol. The van der Waals surface area contributed by atoms with Crippen LogP contribution in [0.4, 0.5) is 5.69 Å². The molecule has 0 aliphatic heterocycles. The zero-order chi connectivity index (χ0) is 15.2. The maximum absolute atomic E-state index is 5.72. The number of methoxy groups -OCH3 is 1. The van der Waals surface area contributed by atoms with Crippen LogP contribution in [0.1, 0.15) is 18.1 Å². The van der Waals surface area contributed by atoms with Gasteiger partial charge in [0.15, 0.2) is 0 Å². The molecule has 2 rings (SSSR count). The quantitative estimate of drug-likeness (QED) is 0.827. The highest BCUT2D eigenvalue weighted by Crippen LogP contribution is 2.20. The fourth-order valence-corrected chi connectivity index (χ4v) is 2.41. The third-order valence-electron chi connectivity index (χ3n) is 3.87. The van der Waals surface area contributed by atoms with Crippen molar-refractivity contribution in [2.24, 2.45) is 0 Å². The molecule has 3 heteroatoms. The third-order valence-corrected chi connectivity index (χ3v) is 3.87. The zero-order valence-corrected chi connectivity index (χ0v) is 13.0. The summed E-state index contributed by atoms with van der Waals surface area (Å²) < 4.78 is 5.42. The van der Waals surface area contributed by atoms with Gasteiger partial charge in [0.1, 0.15) is 5.75 Å². The standard InChI is InChI=1S/C18H24N2O/c1-14(12-16-6-4-5-7-18(16)21-3)20(2)13-15-8-10-17(19)11-9-15/h4-11,14H,12-13,19H2,1-3H3. The number of nitrogens with two attached hydrogens (primary N) is 1. The molecule has 0 aliphatic carbocycles. The molecule has 1 unspecified atom stereocenters. The van der Waals surface area contributed by atoms with Gasteiger partial charge in [0.2, 0.25) is 0 Å². The van der Waals surface area contributed by atoms with Crippen LogP contribution < -0.4 is 10.5 Å². The van der Waals surface area contributed by atoms with E-state index in [0.29, 0.717) is 6.04 Å². The van der Waals surface area contributed by atoms with Gasteiger partial charge in [-0.05, 0) is 49.7 Å². The topological polar surface area (TPSA) is 38.5 Å². The number of anilines is 1. The second-order valence-electron chi connectivity index (χ2n) is 5.52. The van der Waals surface area contributed by atoms with Crippen molar-refractivity contribution < 1.29 is 4.74 Å². The maximum Gasteiger partial charge on any atom is 0.122 e. The number of para-hydroxylation sites is 1. The van der Waals surface area contributed by atoms with Crippen LogP contribution in [0.25, 0.3) is 0 Å². The lowest BCUT2D eigenvalue weighted by atomic mass is 10.0. The van der Waals surface area contributed by atoms with E-state index in [-0.39, 0.29) is 0 Å². The van der Waals surface area contributed by atoms with Gasteiger partial charge < -0.3 is 10.5 Å².